The number of nitro benzene ring substituents is 1. The highest BCUT2D eigenvalue weighted by atomic mass is 16.6. The molecular formula is C20H18N4O6. The number of ketones is 1. The highest BCUT2D eigenvalue weighted by molar-refractivity contribution is 6.75. The number of nitro groups is 1. The number of nitrogens with one attached hydrogen (secondary N) is 1. The molecule has 10 nitrogen and oxygen atoms in total. The van der Waals surface area contributed by atoms with Crippen molar-refractivity contribution in [1.29, 1.82) is 0 Å². The van der Waals surface area contributed by atoms with E-state index in [-0.39, 0.29) is 18.0 Å². The normalized spacial score (nSPS) is 19.8. The van der Waals surface area contributed by atoms with Crippen molar-refractivity contribution >= 4 is 40.4 Å². The molecule has 0 saturated carbocycles. The van der Waals surface area contributed by atoms with Crippen LogP contribution in [0.5, 0.6) is 0 Å². The van der Waals surface area contributed by atoms with Crippen molar-refractivity contribution in [3.05, 3.63) is 64.7 Å². The van der Waals surface area contributed by atoms with Crippen LogP contribution in [0, 0.1) is 10.1 Å². The van der Waals surface area contributed by atoms with Gasteiger partial charge in [-0.3, -0.25) is 30.0 Å². The Morgan fingerprint density at radius 2 is 1.80 bits per heavy atom. The van der Waals surface area contributed by atoms with Gasteiger partial charge < -0.3 is 4.74 Å². The van der Waals surface area contributed by atoms with Gasteiger partial charge >= 0.3 is 11.9 Å². The molecule has 0 aliphatic carbocycles. The van der Waals surface area contributed by atoms with Crippen LogP contribution in [0.25, 0.3) is 0 Å². The Labute approximate surface area is 171 Å². The van der Waals surface area contributed by atoms with Gasteiger partial charge in [0, 0.05) is 17.8 Å². The van der Waals surface area contributed by atoms with Gasteiger partial charge in [-0.1, -0.05) is 18.2 Å². The van der Waals surface area contributed by atoms with Gasteiger partial charge in [0.05, 0.1) is 17.2 Å². The van der Waals surface area contributed by atoms with Crippen LogP contribution in [0.4, 0.5) is 17.1 Å². The molecule has 1 aliphatic rings. The number of esters is 1. The van der Waals surface area contributed by atoms with Gasteiger partial charge in [-0.05, 0) is 38.1 Å². The molecule has 1 atom stereocenters. The highest BCUT2D eigenvalue weighted by Gasteiger charge is 2.60. The molecule has 1 aliphatic heterocycles. The van der Waals surface area contributed by atoms with E-state index in [9.17, 15) is 24.5 Å². The van der Waals surface area contributed by atoms with Crippen molar-refractivity contribution in [2.45, 2.75) is 19.4 Å². The number of carbonyl (C=O) groups is 3. The number of nitrogens with zero attached hydrogens (tertiary/aromatic N) is 3. The lowest BCUT2D eigenvalue weighted by molar-refractivity contribution is -0.384. The molecule has 3 rings (SSSR count). The number of hydrazone groups is 1. The van der Waals surface area contributed by atoms with Gasteiger partial charge in [0.25, 0.3) is 11.5 Å². The van der Waals surface area contributed by atoms with Crippen molar-refractivity contribution in [3.63, 3.8) is 0 Å². The minimum absolute atomic E-state index is 0.0441. The number of amides is 1. The smallest absolute Gasteiger partial charge is 0.338 e. The third-order valence-electron chi connectivity index (χ3n) is 4.58. The topological polar surface area (TPSA) is 131 Å². The van der Waals surface area contributed by atoms with Gasteiger partial charge in [-0.2, -0.15) is 5.10 Å². The second-order valence-electron chi connectivity index (χ2n) is 6.47. The van der Waals surface area contributed by atoms with Gasteiger partial charge in [-0.25, -0.2) is 4.79 Å². The number of carbonyl (C=O) groups excluding carboxylic acids is 3. The molecule has 0 spiro atoms. The first kappa shape index (κ1) is 20.6. The Morgan fingerprint density at radius 1 is 1.17 bits per heavy atom. The van der Waals surface area contributed by atoms with E-state index in [1.54, 1.807) is 37.3 Å². The number of anilines is 2. The Hall–Kier alpha value is -4.08. The van der Waals surface area contributed by atoms with Gasteiger partial charge in [-0.15, -0.1) is 0 Å². The molecule has 2 aromatic rings. The molecule has 1 heterocycles. The molecule has 154 valence electrons. The zero-order valence-electron chi connectivity index (χ0n) is 16.2. The van der Waals surface area contributed by atoms with Crippen LogP contribution in [0.1, 0.15) is 13.8 Å². The molecule has 0 radical (unpaired) electrons. The van der Waals surface area contributed by atoms with Crippen molar-refractivity contribution in [1.82, 2.24) is 0 Å². The number of benzene rings is 2. The predicted octanol–water partition coefficient (Wildman–Crippen LogP) is 2.30. The first-order valence-electron chi connectivity index (χ1n) is 9.00. The lowest BCUT2D eigenvalue weighted by Crippen LogP contribution is -2.55. The van der Waals surface area contributed by atoms with Crippen LogP contribution in [-0.2, 0) is 19.1 Å². The van der Waals surface area contributed by atoms with Crippen LogP contribution in [0.15, 0.2) is 59.7 Å². The molecule has 0 unspecified atom stereocenters. The fraction of sp³-hybridized carbons (Fsp3) is 0.200. The summed E-state index contributed by atoms with van der Waals surface area (Å²) < 4.78 is 5.13. The Bertz CT molecular complexity index is 1040. The maximum atomic E-state index is 12.8. The molecule has 1 saturated heterocycles. The van der Waals surface area contributed by atoms with E-state index in [0.29, 0.717) is 11.4 Å². The van der Waals surface area contributed by atoms with Gasteiger partial charge in [0.2, 0.25) is 0 Å². The first-order valence-corrected chi connectivity index (χ1v) is 9.00. The summed E-state index contributed by atoms with van der Waals surface area (Å²) in [5.74, 6) is -2.68. The molecule has 1 fully saturated rings. The largest absolute Gasteiger partial charge is 0.464 e. The average Bonchev–Trinajstić information content (AvgIpc) is 2.94. The van der Waals surface area contributed by atoms with Crippen molar-refractivity contribution < 1.29 is 24.0 Å². The summed E-state index contributed by atoms with van der Waals surface area (Å²) in [7, 11) is 0. The lowest BCUT2D eigenvalue weighted by Gasteiger charge is -2.31. The SMILES string of the molecule is CCOC(=O)[C@]1(C)/C(=N/Nc2ccc([N+](=O)[O-])cc2)C(=O)C(=O)N1c1ccccc1. The number of non-ortho nitro benzene ring substituents is 1. The summed E-state index contributed by atoms with van der Waals surface area (Å²) in [4.78, 5) is 49.6. The highest BCUT2D eigenvalue weighted by Crippen LogP contribution is 2.33. The molecule has 2 aromatic carbocycles. The second-order valence-corrected chi connectivity index (χ2v) is 6.47. The second kappa shape index (κ2) is 8.11. The van der Waals surface area contributed by atoms with E-state index in [4.69, 9.17) is 4.74 Å². The third-order valence-corrected chi connectivity index (χ3v) is 4.58. The van der Waals surface area contributed by atoms with E-state index in [1.807, 2.05) is 0 Å². The van der Waals surface area contributed by atoms with E-state index in [0.717, 1.165) is 4.90 Å². The summed E-state index contributed by atoms with van der Waals surface area (Å²) in [5, 5.41) is 14.8. The van der Waals surface area contributed by atoms with Crippen molar-refractivity contribution in [3.8, 4) is 0 Å². The third kappa shape index (κ3) is 3.50. The Morgan fingerprint density at radius 3 is 2.37 bits per heavy atom. The minimum Gasteiger partial charge on any atom is -0.464 e. The number of para-hydroxylation sites is 1. The summed E-state index contributed by atoms with van der Waals surface area (Å²) in [6.07, 6.45) is 0. The molecule has 0 aromatic heterocycles. The Kier molecular flexibility index (Phi) is 5.58. The first-order chi connectivity index (χ1) is 14.3. The quantitative estimate of drug-likeness (QED) is 0.334. The Balaban J connectivity index is 2.03. The standard InChI is InChI=1S/C20H18N4O6/c1-3-30-19(27)20(2)17(22-21-13-9-11-15(12-10-13)24(28)29)16(25)18(26)23(20)14-7-5-4-6-8-14/h4-12,21H,3H2,1-2H3/b22-17+/t20-/m0/s1. The fourth-order valence-electron chi connectivity index (χ4n) is 3.08. The van der Waals surface area contributed by atoms with Crippen LogP contribution < -0.4 is 10.3 Å². The lowest BCUT2D eigenvalue weighted by atomic mass is 9.95. The number of Topliss-reactive ketones (excluding diaryl/α,β-unsaturated/α-hetero) is 1. The summed E-state index contributed by atoms with van der Waals surface area (Å²) in [5.41, 5.74) is 1.01. The van der Waals surface area contributed by atoms with E-state index in [2.05, 4.69) is 10.5 Å². The number of rotatable bonds is 6. The molecular weight excluding hydrogens is 392 g/mol. The van der Waals surface area contributed by atoms with E-state index < -0.39 is 28.1 Å². The van der Waals surface area contributed by atoms with Crippen molar-refractivity contribution in [2.24, 2.45) is 5.10 Å². The van der Waals surface area contributed by atoms with Crippen LogP contribution in [0.2, 0.25) is 0 Å². The molecule has 1 N–H and O–H groups in total. The summed E-state index contributed by atoms with van der Waals surface area (Å²) in [6, 6.07) is 13.5. The van der Waals surface area contributed by atoms with Crippen LogP contribution >= 0.6 is 0 Å². The maximum Gasteiger partial charge on any atom is 0.338 e. The number of ether oxygens (including phenoxy) is 1. The van der Waals surface area contributed by atoms with Gasteiger partial charge in [0.15, 0.2) is 11.3 Å². The van der Waals surface area contributed by atoms with E-state index >= 15 is 0 Å². The number of hydrogen-bond donors (Lipinski definition) is 1. The van der Waals surface area contributed by atoms with Crippen LogP contribution in [-0.4, -0.2) is 40.4 Å². The average molecular weight is 410 g/mol. The zero-order chi connectivity index (χ0) is 21.9. The zero-order valence-corrected chi connectivity index (χ0v) is 16.2. The molecule has 10 heteroatoms. The monoisotopic (exact) mass is 410 g/mol. The maximum absolute atomic E-state index is 12.8. The summed E-state index contributed by atoms with van der Waals surface area (Å²) in [6.45, 7) is 3.04. The molecule has 30 heavy (non-hydrogen) atoms. The number of hydrogen-bond acceptors (Lipinski definition) is 8. The van der Waals surface area contributed by atoms with Gasteiger partial charge in [0.1, 0.15) is 0 Å². The van der Waals surface area contributed by atoms with E-state index in [1.165, 1.54) is 31.2 Å². The van der Waals surface area contributed by atoms with Crippen molar-refractivity contribution in [2.75, 3.05) is 16.9 Å². The summed E-state index contributed by atoms with van der Waals surface area (Å²) >= 11 is 0. The minimum atomic E-state index is -1.79. The molecule has 1 amide bonds. The van der Waals surface area contributed by atoms with Crippen LogP contribution in [0.3, 0.4) is 0 Å². The fourth-order valence-corrected chi connectivity index (χ4v) is 3.08. The molecule has 0 bridgehead atoms. The predicted molar refractivity (Wildman–Crippen MR) is 108 cm³/mol.